The molecule has 0 aliphatic heterocycles. The number of fused-ring (bicyclic) bond motifs is 1. The van der Waals surface area contributed by atoms with Gasteiger partial charge in [0.25, 0.3) is 0 Å². The molecule has 0 saturated carbocycles. The predicted molar refractivity (Wildman–Crippen MR) is 69.5 cm³/mol. The molecule has 3 nitrogen and oxygen atoms in total. The van der Waals surface area contributed by atoms with E-state index in [-0.39, 0.29) is 0 Å². The fourth-order valence-electron chi connectivity index (χ4n) is 2.01. The van der Waals surface area contributed by atoms with Gasteiger partial charge in [-0.05, 0) is 36.3 Å². The molecule has 90 valence electrons. The number of ether oxygens (including phenoxy) is 1. The second-order valence-corrected chi connectivity index (χ2v) is 4.40. The molecule has 2 aromatic rings. The van der Waals surface area contributed by atoms with E-state index in [1.54, 1.807) is 7.11 Å². The molecule has 0 spiro atoms. The van der Waals surface area contributed by atoms with Gasteiger partial charge in [0.2, 0.25) is 5.88 Å². The van der Waals surface area contributed by atoms with E-state index in [0.29, 0.717) is 11.8 Å². The maximum absolute atomic E-state index is 5.28. The lowest BCUT2D eigenvalue weighted by Crippen LogP contribution is -1.98. The third-order valence-corrected chi connectivity index (χ3v) is 3.24. The summed E-state index contributed by atoms with van der Waals surface area (Å²) in [6.07, 6.45) is 4.88. The third-order valence-electron chi connectivity index (χ3n) is 3.24. The van der Waals surface area contributed by atoms with Crippen molar-refractivity contribution in [2.24, 2.45) is 0 Å². The summed E-state index contributed by atoms with van der Waals surface area (Å²) < 4.78 is 5.28. The Balaban J connectivity index is 2.74. The number of pyridine rings is 2. The van der Waals surface area contributed by atoms with Crippen molar-refractivity contribution in [3.05, 3.63) is 29.7 Å². The summed E-state index contributed by atoms with van der Waals surface area (Å²) in [6.45, 7) is 6.42. The van der Waals surface area contributed by atoms with Gasteiger partial charge < -0.3 is 4.74 Å². The van der Waals surface area contributed by atoms with E-state index in [1.165, 1.54) is 10.9 Å². The summed E-state index contributed by atoms with van der Waals surface area (Å²) >= 11 is 0. The van der Waals surface area contributed by atoms with Crippen molar-refractivity contribution >= 4 is 10.8 Å². The molecule has 17 heavy (non-hydrogen) atoms. The van der Waals surface area contributed by atoms with Crippen LogP contribution >= 0.6 is 0 Å². The molecule has 2 heterocycles. The van der Waals surface area contributed by atoms with Crippen molar-refractivity contribution in [1.29, 1.82) is 0 Å². The molecular formula is C14H18N2O. The molecule has 0 aliphatic carbocycles. The van der Waals surface area contributed by atoms with Gasteiger partial charge in [0, 0.05) is 18.1 Å². The van der Waals surface area contributed by atoms with Gasteiger partial charge in [0.05, 0.1) is 12.5 Å². The van der Waals surface area contributed by atoms with Gasteiger partial charge >= 0.3 is 0 Å². The maximum atomic E-state index is 5.28. The molecule has 0 unspecified atom stereocenters. The standard InChI is InChI=1S/C14H18N2O/c1-5-9(2)12-7-16-14(17-4)13-8-15-10(3)6-11(12)13/h6-9H,5H2,1-4H3/t9-/m0/s1. The quantitative estimate of drug-likeness (QED) is 0.810. The molecule has 3 heteroatoms. The number of methoxy groups -OCH3 is 1. The fourth-order valence-corrected chi connectivity index (χ4v) is 2.01. The van der Waals surface area contributed by atoms with E-state index in [0.717, 1.165) is 17.5 Å². The van der Waals surface area contributed by atoms with Crippen LogP contribution in [0.3, 0.4) is 0 Å². The van der Waals surface area contributed by atoms with Crippen molar-refractivity contribution < 1.29 is 4.74 Å². The number of rotatable bonds is 3. The van der Waals surface area contributed by atoms with Gasteiger partial charge in [-0.15, -0.1) is 0 Å². The molecule has 0 fully saturated rings. The molecule has 0 amide bonds. The minimum absolute atomic E-state index is 0.498. The Bertz CT molecular complexity index is 537. The molecule has 0 N–H and O–H groups in total. The number of aryl methyl sites for hydroxylation is 1. The van der Waals surface area contributed by atoms with Gasteiger partial charge in [0.15, 0.2) is 0 Å². The zero-order valence-corrected chi connectivity index (χ0v) is 10.8. The first-order valence-electron chi connectivity index (χ1n) is 5.96. The first kappa shape index (κ1) is 11.8. The van der Waals surface area contributed by atoms with Crippen LogP contribution in [0.1, 0.15) is 37.4 Å². The van der Waals surface area contributed by atoms with Crippen LogP contribution in [0.25, 0.3) is 10.8 Å². The smallest absolute Gasteiger partial charge is 0.222 e. The van der Waals surface area contributed by atoms with E-state index in [2.05, 4.69) is 29.9 Å². The molecule has 0 aromatic carbocycles. The van der Waals surface area contributed by atoms with Crippen molar-refractivity contribution in [2.75, 3.05) is 7.11 Å². The average molecular weight is 230 g/mol. The molecule has 2 rings (SSSR count). The topological polar surface area (TPSA) is 35.0 Å². The van der Waals surface area contributed by atoms with Crippen LogP contribution in [-0.4, -0.2) is 17.1 Å². The highest BCUT2D eigenvalue weighted by Gasteiger charge is 2.12. The Kier molecular flexibility index (Phi) is 3.27. The average Bonchev–Trinajstić information content (AvgIpc) is 2.36. The van der Waals surface area contributed by atoms with Crippen LogP contribution in [0.2, 0.25) is 0 Å². The minimum Gasteiger partial charge on any atom is -0.481 e. The van der Waals surface area contributed by atoms with Gasteiger partial charge in [-0.3, -0.25) is 4.98 Å². The molecule has 0 bridgehead atoms. The molecule has 0 radical (unpaired) electrons. The molecule has 0 saturated heterocycles. The van der Waals surface area contributed by atoms with Gasteiger partial charge in [0.1, 0.15) is 0 Å². The van der Waals surface area contributed by atoms with E-state index in [4.69, 9.17) is 4.74 Å². The lowest BCUT2D eigenvalue weighted by Gasteiger charge is -2.14. The molecule has 1 atom stereocenters. The van der Waals surface area contributed by atoms with E-state index in [9.17, 15) is 0 Å². The lowest BCUT2D eigenvalue weighted by molar-refractivity contribution is 0.403. The summed E-state index contributed by atoms with van der Waals surface area (Å²) in [5.74, 6) is 1.15. The second-order valence-electron chi connectivity index (χ2n) is 4.40. The Morgan fingerprint density at radius 1 is 1.24 bits per heavy atom. The zero-order valence-electron chi connectivity index (χ0n) is 10.8. The van der Waals surface area contributed by atoms with Crippen LogP contribution < -0.4 is 4.74 Å². The SMILES string of the molecule is CC[C@H](C)c1cnc(OC)c2cnc(C)cc12. The van der Waals surface area contributed by atoms with Crippen LogP contribution in [0.15, 0.2) is 18.5 Å². The summed E-state index contributed by atoms with van der Waals surface area (Å²) in [5, 5.41) is 2.20. The van der Waals surface area contributed by atoms with Gasteiger partial charge in [-0.2, -0.15) is 0 Å². The Labute approximate surface area is 102 Å². The minimum atomic E-state index is 0.498. The summed E-state index contributed by atoms with van der Waals surface area (Å²) in [5.41, 5.74) is 2.30. The lowest BCUT2D eigenvalue weighted by atomic mass is 9.95. The number of hydrogen-bond acceptors (Lipinski definition) is 3. The maximum Gasteiger partial charge on any atom is 0.222 e. The summed E-state index contributed by atoms with van der Waals surface area (Å²) in [6, 6.07) is 2.11. The van der Waals surface area contributed by atoms with Gasteiger partial charge in [-0.25, -0.2) is 4.98 Å². The summed E-state index contributed by atoms with van der Waals surface area (Å²) in [7, 11) is 1.64. The van der Waals surface area contributed by atoms with Gasteiger partial charge in [-0.1, -0.05) is 13.8 Å². The molecule has 0 aliphatic rings. The predicted octanol–water partition coefficient (Wildman–Crippen LogP) is 3.46. The van der Waals surface area contributed by atoms with Crippen molar-refractivity contribution in [2.45, 2.75) is 33.1 Å². The molecular weight excluding hydrogens is 212 g/mol. The number of aromatic nitrogens is 2. The number of nitrogens with zero attached hydrogens (tertiary/aromatic N) is 2. The van der Waals surface area contributed by atoms with Crippen LogP contribution in [0.4, 0.5) is 0 Å². The Morgan fingerprint density at radius 3 is 2.65 bits per heavy atom. The zero-order chi connectivity index (χ0) is 12.4. The third kappa shape index (κ3) is 2.09. The van der Waals surface area contributed by atoms with Crippen LogP contribution in [-0.2, 0) is 0 Å². The number of hydrogen-bond donors (Lipinski definition) is 0. The molecule has 2 aromatic heterocycles. The fraction of sp³-hybridized carbons (Fsp3) is 0.429. The van der Waals surface area contributed by atoms with E-state index >= 15 is 0 Å². The first-order valence-corrected chi connectivity index (χ1v) is 5.96. The second kappa shape index (κ2) is 4.70. The van der Waals surface area contributed by atoms with Crippen LogP contribution in [0.5, 0.6) is 5.88 Å². The van der Waals surface area contributed by atoms with Crippen molar-refractivity contribution in [1.82, 2.24) is 9.97 Å². The van der Waals surface area contributed by atoms with Crippen molar-refractivity contribution in [3.63, 3.8) is 0 Å². The Hall–Kier alpha value is -1.64. The highest BCUT2D eigenvalue weighted by atomic mass is 16.5. The monoisotopic (exact) mass is 230 g/mol. The van der Waals surface area contributed by atoms with Crippen molar-refractivity contribution in [3.8, 4) is 5.88 Å². The van der Waals surface area contributed by atoms with E-state index in [1.807, 2.05) is 19.3 Å². The highest BCUT2D eigenvalue weighted by molar-refractivity contribution is 5.89. The normalized spacial score (nSPS) is 12.7. The first-order chi connectivity index (χ1) is 8.17. The Morgan fingerprint density at radius 2 is 2.00 bits per heavy atom. The van der Waals surface area contributed by atoms with E-state index < -0.39 is 0 Å². The largest absolute Gasteiger partial charge is 0.481 e. The highest BCUT2D eigenvalue weighted by Crippen LogP contribution is 2.31. The summed E-state index contributed by atoms with van der Waals surface area (Å²) in [4.78, 5) is 8.68. The van der Waals surface area contributed by atoms with Crippen LogP contribution in [0, 0.1) is 6.92 Å².